The topological polar surface area (TPSA) is 83.5 Å². The second-order valence-corrected chi connectivity index (χ2v) is 8.30. The number of hydrogen-bond donors (Lipinski definition) is 1. The summed E-state index contributed by atoms with van der Waals surface area (Å²) >= 11 is 0. The quantitative estimate of drug-likeness (QED) is 0.443. The van der Waals surface area contributed by atoms with Gasteiger partial charge in [0.05, 0.1) is 19.8 Å². The maximum absolute atomic E-state index is 11.8. The molecule has 1 fully saturated rings. The van der Waals surface area contributed by atoms with Crippen molar-refractivity contribution in [2.24, 2.45) is 0 Å². The molecule has 0 aromatic heterocycles. The summed E-state index contributed by atoms with van der Waals surface area (Å²) in [6.07, 6.45) is -4.81. The number of rotatable bonds is 10. The molecule has 35 heavy (non-hydrogen) atoms. The Morgan fingerprint density at radius 1 is 0.829 bits per heavy atom. The van der Waals surface area contributed by atoms with E-state index in [9.17, 15) is 9.90 Å². The smallest absolute Gasteiger partial charge is 0.303 e. The zero-order valence-electron chi connectivity index (χ0n) is 19.6. The van der Waals surface area contributed by atoms with Crippen LogP contribution in [-0.4, -0.2) is 48.4 Å². The van der Waals surface area contributed by atoms with E-state index in [1.807, 2.05) is 78.9 Å². The minimum Gasteiger partial charge on any atom is -0.461 e. The summed E-state index contributed by atoms with van der Waals surface area (Å²) in [5.41, 5.74) is 1.95. The summed E-state index contributed by atoms with van der Waals surface area (Å²) in [5.74, 6) is -0.0330. The van der Waals surface area contributed by atoms with Crippen molar-refractivity contribution in [3.05, 3.63) is 102 Å². The molecular formula is C28H30O7. The molecule has 5 atom stereocenters. The Kier molecular flexibility index (Phi) is 8.86. The van der Waals surface area contributed by atoms with Crippen LogP contribution >= 0.6 is 0 Å². The molecule has 0 saturated carbocycles. The first-order valence-corrected chi connectivity index (χ1v) is 11.6. The van der Waals surface area contributed by atoms with Gasteiger partial charge in [-0.2, -0.15) is 0 Å². The fraction of sp³-hybridized carbons (Fsp3) is 0.321. The first-order chi connectivity index (χ1) is 17.1. The molecule has 0 amide bonds. The summed E-state index contributed by atoms with van der Waals surface area (Å²) in [7, 11) is 0. The molecule has 0 aliphatic carbocycles. The molecule has 7 nitrogen and oxygen atoms in total. The van der Waals surface area contributed by atoms with Crippen LogP contribution in [0, 0.1) is 0 Å². The highest BCUT2D eigenvalue weighted by Gasteiger charge is 2.49. The van der Waals surface area contributed by atoms with E-state index in [1.54, 1.807) is 12.1 Å². The highest BCUT2D eigenvalue weighted by molar-refractivity contribution is 5.66. The van der Waals surface area contributed by atoms with Crippen molar-refractivity contribution >= 4 is 5.97 Å². The Labute approximate surface area is 205 Å². The number of carbonyl (C=O) groups excluding carboxylic acids is 1. The molecule has 7 heteroatoms. The average Bonchev–Trinajstić information content (AvgIpc) is 2.88. The molecule has 0 spiro atoms. The molecular weight excluding hydrogens is 448 g/mol. The highest BCUT2D eigenvalue weighted by Crippen LogP contribution is 2.29. The number of carbonyl (C=O) groups is 1. The zero-order valence-corrected chi connectivity index (χ0v) is 19.6. The van der Waals surface area contributed by atoms with E-state index >= 15 is 0 Å². The third-order valence-electron chi connectivity index (χ3n) is 5.59. The largest absolute Gasteiger partial charge is 0.461 e. The van der Waals surface area contributed by atoms with Gasteiger partial charge in [0.15, 0.2) is 6.10 Å². The molecule has 1 aliphatic rings. The van der Waals surface area contributed by atoms with Crippen LogP contribution < -0.4 is 4.74 Å². The Morgan fingerprint density at radius 3 is 2.00 bits per heavy atom. The van der Waals surface area contributed by atoms with Crippen LogP contribution in [0.15, 0.2) is 91.0 Å². The summed E-state index contributed by atoms with van der Waals surface area (Å²) in [4.78, 5) is 11.8. The normalized spacial score (nSPS) is 24.0. The Morgan fingerprint density at radius 2 is 1.40 bits per heavy atom. The highest BCUT2D eigenvalue weighted by atomic mass is 16.7. The summed E-state index contributed by atoms with van der Waals surface area (Å²) in [5, 5.41) is 11.3. The molecule has 1 aliphatic heterocycles. The van der Waals surface area contributed by atoms with Crippen molar-refractivity contribution in [2.45, 2.75) is 50.8 Å². The molecule has 3 aromatic carbocycles. The maximum atomic E-state index is 11.8. The Balaban J connectivity index is 1.52. The van der Waals surface area contributed by atoms with Gasteiger partial charge in [0.2, 0.25) is 6.29 Å². The average molecular weight is 479 g/mol. The molecule has 0 bridgehead atoms. The van der Waals surface area contributed by atoms with Gasteiger partial charge in [0.1, 0.15) is 24.1 Å². The number of ether oxygens (including phenoxy) is 5. The molecule has 1 heterocycles. The molecule has 3 unspecified atom stereocenters. The van der Waals surface area contributed by atoms with Gasteiger partial charge >= 0.3 is 5.97 Å². The second kappa shape index (κ2) is 12.5. The van der Waals surface area contributed by atoms with Gasteiger partial charge in [-0.05, 0) is 23.3 Å². The molecule has 0 radical (unpaired) electrons. The standard InChI is InChI=1S/C28H30O7/c1-20(29)33-27-25(30)26(32-18-22-13-7-3-8-14-22)24(19-31-17-21-11-5-2-6-12-21)35-28(27)34-23-15-9-4-10-16-23/h2-16,24-28,30H,17-19H2,1H3/t24?,25?,26-,27?,28+/m1/s1. The van der Waals surface area contributed by atoms with Crippen molar-refractivity contribution in [1.82, 2.24) is 0 Å². The van der Waals surface area contributed by atoms with E-state index in [0.29, 0.717) is 12.4 Å². The van der Waals surface area contributed by atoms with Crippen LogP contribution in [0.3, 0.4) is 0 Å². The number of aliphatic hydroxyl groups is 1. The van der Waals surface area contributed by atoms with Crippen LogP contribution in [-0.2, 0) is 37.0 Å². The van der Waals surface area contributed by atoms with Crippen LogP contribution in [0.25, 0.3) is 0 Å². The number of benzene rings is 3. The minimum absolute atomic E-state index is 0.146. The lowest BCUT2D eigenvalue weighted by atomic mass is 9.98. The number of aliphatic hydroxyl groups excluding tert-OH is 1. The minimum atomic E-state index is -1.20. The van der Waals surface area contributed by atoms with Gasteiger partial charge < -0.3 is 28.8 Å². The van der Waals surface area contributed by atoms with Gasteiger partial charge in [0.25, 0.3) is 0 Å². The lowest BCUT2D eigenvalue weighted by Gasteiger charge is -2.43. The van der Waals surface area contributed by atoms with Crippen molar-refractivity contribution in [3.8, 4) is 5.75 Å². The van der Waals surface area contributed by atoms with Gasteiger partial charge in [-0.1, -0.05) is 78.9 Å². The SMILES string of the molecule is CC(=O)OC1C(O)[C@H](OCc2ccccc2)C(COCc2ccccc2)O[C@@H]1Oc1ccccc1. The fourth-order valence-corrected chi connectivity index (χ4v) is 3.91. The summed E-state index contributed by atoms with van der Waals surface area (Å²) in [6.45, 7) is 2.05. The van der Waals surface area contributed by atoms with Gasteiger partial charge in [0, 0.05) is 6.92 Å². The van der Waals surface area contributed by atoms with E-state index in [0.717, 1.165) is 11.1 Å². The molecule has 1 saturated heterocycles. The molecule has 4 rings (SSSR count). The van der Waals surface area contributed by atoms with Gasteiger partial charge in [-0.25, -0.2) is 0 Å². The first-order valence-electron chi connectivity index (χ1n) is 11.6. The van der Waals surface area contributed by atoms with Gasteiger partial charge in [-0.3, -0.25) is 4.79 Å². The maximum Gasteiger partial charge on any atom is 0.303 e. The molecule has 184 valence electrons. The van der Waals surface area contributed by atoms with E-state index < -0.39 is 36.7 Å². The third kappa shape index (κ3) is 7.13. The summed E-state index contributed by atoms with van der Waals surface area (Å²) < 4.78 is 29.6. The molecule has 3 aromatic rings. The lowest BCUT2D eigenvalue weighted by Crippen LogP contribution is -2.62. The fourth-order valence-electron chi connectivity index (χ4n) is 3.91. The monoisotopic (exact) mass is 478 g/mol. The zero-order chi connectivity index (χ0) is 24.5. The predicted molar refractivity (Wildman–Crippen MR) is 128 cm³/mol. The first kappa shape index (κ1) is 24.9. The third-order valence-corrected chi connectivity index (χ3v) is 5.59. The van der Waals surface area contributed by atoms with Crippen molar-refractivity contribution in [1.29, 1.82) is 0 Å². The lowest BCUT2D eigenvalue weighted by molar-refractivity contribution is -0.293. The van der Waals surface area contributed by atoms with Crippen LogP contribution in [0.5, 0.6) is 5.75 Å². The van der Waals surface area contributed by atoms with Crippen LogP contribution in [0.2, 0.25) is 0 Å². The van der Waals surface area contributed by atoms with Crippen molar-refractivity contribution in [2.75, 3.05) is 6.61 Å². The van der Waals surface area contributed by atoms with E-state index in [4.69, 9.17) is 23.7 Å². The van der Waals surface area contributed by atoms with E-state index in [2.05, 4.69) is 0 Å². The van der Waals surface area contributed by atoms with Crippen molar-refractivity contribution in [3.63, 3.8) is 0 Å². The number of hydrogen-bond acceptors (Lipinski definition) is 7. The Bertz CT molecular complexity index is 1030. The van der Waals surface area contributed by atoms with E-state index in [-0.39, 0.29) is 13.2 Å². The Hall–Kier alpha value is -3.23. The molecule has 1 N–H and O–H groups in total. The second-order valence-electron chi connectivity index (χ2n) is 8.30. The van der Waals surface area contributed by atoms with Crippen LogP contribution in [0.1, 0.15) is 18.1 Å². The summed E-state index contributed by atoms with van der Waals surface area (Å²) in [6, 6.07) is 28.4. The number of esters is 1. The van der Waals surface area contributed by atoms with Crippen LogP contribution in [0.4, 0.5) is 0 Å². The predicted octanol–water partition coefficient (Wildman–Crippen LogP) is 3.89. The van der Waals surface area contributed by atoms with Gasteiger partial charge in [-0.15, -0.1) is 0 Å². The number of para-hydroxylation sites is 1. The van der Waals surface area contributed by atoms with E-state index in [1.165, 1.54) is 6.92 Å². The van der Waals surface area contributed by atoms with Crippen molar-refractivity contribution < 1.29 is 33.6 Å².